The molecule has 0 fully saturated rings. The second kappa shape index (κ2) is 5.85. The molecule has 0 radical (unpaired) electrons. The monoisotopic (exact) mass is 289 g/mol. The molecule has 0 atom stereocenters. The van der Waals surface area contributed by atoms with Crippen LogP contribution in [0.1, 0.15) is 13.8 Å². The van der Waals surface area contributed by atoms with Crippen molar-refractivity contribution in [3.8, 4) is 5.75 Å². The summed E-state index contributed by atoms with van der Waals surface area (Å²) in [7, 11) is -3.88. The van der Waals surface area contributed by atoms with Crippen molar-refractivity contribution in [2.24, 2.45) is 5.92 Å². The van der Waals surface area contributed by atoms with Crippen molar-refractivity contribution in [1.82, 2.24) is 4.72 Å². The van der Waals surface area contributed by atoms with Crippen molar-refractivity contribution in [2.45, 2.75) is 13.8 Å². The number of aromatic hydroxyl groups is 1. The molecule has 0 bridgehead atoms. The average molecular weight is 289 g/mol. The first-order valence-corrected chi connectivity index (χ1v) is 6.94. The molecule has 0 saturated carbocycles. The van der Waals surface area contributed by atoms with E-state index in [1.807, 2.05) is 18.6 Å². The zero-order valence-electron chi connectivity index (χ0n) is 10.5. The molecule has 0 aliphatic heterocycles. The smallest absolute Gasteiger partial charge is 0.299 e. The largest absolute Gasteiger partial charge is 0.506 e. The summed E-state index contributed by atoms with van der Waals surface area (Å²) in [5.41, 5.74) is -0.565. The number of benzene rings is 1. The van der Waals surface area contributed by atoms with Crippen LogP contribution in [-0.4, -0.2) is 25.0 Å². The van der Waals surface area contributed by atoms with Gasteiger partial charge in [0.1, 0.15) is 5.75 Å². The third-order valence-corrected chi connectivity index (χ3v) is 3.15. The van der Waals surface area contributed by atoms with Crippen LogP contribution < -0.4 is 9.44 Å². The van der Waals surface area contributed by atoms with Crippen molar-refractivity contribution in [2.75, 3.05) is 11.3 Å². The van der Waals surface area contributed by atoms with Gasteiger partial charge < -0.3 is 5.11 Å². The van der Waals surface area contributed by atoms with E-state index in [0.29, 0.717) is 0 Å². The minimum atomic E-state index is -3.88. The number of hydrogen-bond donors (Lipinski definition) is 3. The first-order valence-electron chi connectivity index (χ1n) is 5.46. The fourth-order valence-electron chi connectivity index (χ4n) is 1.18. The lowest BCUT2D eigenvalue weighted by Crippen LogP contribution is -2.32. The number of anilines is 1. The number of nitrogens with one attached hydrogen (secondary N) is 2. The second-order valence-corrected chi connectivity index (χ2v) is 5.81. The van der Waals surface area contributed by atoms with Gasteiger partial charge in [0.15, 0.2) is 0 Å². The number of hydrogen-bond acceptors (Lipinski definition) is 5. The molecular weight excluding hydrogens is 274 g/mol. The van der Waals surface area contributed by atoms with Crippen molar-refractivity contribution in [3.63, 3.8) is 0 Å². The van der Waals surface area contributed by atoms with Crippen molar-refractivity contribution in [3.05, 3.63) is 28.3 Å². The normalized spacial score (nSPS) is 11.5. The van der Waals surface area contributed by atoms with Gasteiger partial charge in [-0.1, -0.05) is 13.8 Å². The summed E-state index contributed by atoms with van der Waals surface area (Å²) in [6, 6.07) is 3.08. The predicted molar refractivity (Wildman–Crippen MR) is 70.1 cm³/mol. The lowest BCUT2D eigenvalue weighted by molar-refractivity contribution is -0.384. The quantitative estimate of drug-likeness (QED) is 0.412. The Labute approximate surface area is 110 Å². The van der Waals surface area contributed by atoms with Gasteiger partial charge in [0.05, 0.1) is 10.6 Å². The van der Waals surface area contributed by atoms with Gasteiger partial charge in [-0.2, -0.15) is 13.1 Å². The van der Waals surface area contributed by atoms with Crippen LogP contribution in [0.4, 0.5) is 11.4 Å². The summed E-state index contributed by atoms with van der Waals surface area (Å²) in [6.45, 7) is 3.87. The topological polar surface area (TPSA) is 122 Å². The Balaban J connectivity index is 2.92. The van der Waals surface area contributed by atoms with Crippen LogP contribution in [0.2, 0.25) is 0 Å². The molecule has 0 spiro atoms. The standard InChI is InChI=1S/C10H15N3O5S/c1-7(2)6-11-19(17,18)12-9-5-8(13(15)16)3-4-10(9)14/h3-5,7,11-12,14H,6H2,1-2H3. The molecule has 106 valence electrons. The minimum Gasteiger partial charge on any atom is -0.506 e. The summed E-state index contributed by atoms with van der Waals surface area (Å²) >= 11 is 0. The van der Waals surface area contributed by atoms with Gasteiger partial charge in [-0.3, -0.25) is 14.8 Å². The van der Waals surface area contributed by atoms with E-state index >= 15 is 0 Å². The highest BCUT2D eigenvalue weighted by Crippen LogP contribution is 2.28. The molecule has 0 aromatic heterocycles. The first-order chi connectivity index (χ1) is 8.71. The van der Waals surface area contributed by atoms with E-state index in [9.17, 15) is 23.6 Å². The number of rotatable bonds is 6. The Morgan fingerprint density at radius 2 is 2.05 bits per heavy atom. The Morgan fingerprint density at radius 1 is 1.42 bits per heavy atom. The van der Waals surface area contributed by atoms with Gasteiger partial charge in [-0.15, -0.1) is 0 Å². The zero-order chi connectivity index (χ0) is 14.6. The maximum Gasteiger partial charge on any atom is 0.299 e. The number of nitro benzene ring substituents is 1. The van der Waals surface area contributed by atoms with Crippen LogP contribution >= 0.6 is 0 Å². The third-order valence-electron chi connectivity index (χ3n) is 2.12. The number of nitrogens with zero attached hydrogens (tertiary/aromatic N) is 1. The summed E-state index contributed by atoms with van der Waals surface area (Å²) in [6.07, 6.45) is 0. The highest BCUT2D eigenvalue weighted by molar-refractivity contribution is 7.90. The van der Waals surface area contributed by atoms with E-state index in [0.717, 1.165) is 18.2 Å². The zero-order valence-corrected chi connectivity index (χ0v) is 11.3. The number of nitro groups is 1. The highest BCUT2D eigenvalue weighted by atomic mass is 32.2. The number of phenolic OH excluding ortho intramolecular Hbond substituents is 1. The van der Waals surface area contributed by atoms with Crippen LogP contribution in [0.15, 0.2) is 18.2 Å². The molecule has 0 heterocycles. The fourth-order valence-corrected chi connectivity index (χ4v) is 2.25. The Kier molecular flexibility index (Phi) is 4.67. The molecule has 19 heavy (non-hydrogen) atoms. The fraction of sp³-hybridized carbons (Fsp3) is 0.400. The molecule has 1 aromatic carbocycles. The van der Waals surface area contributed by atoms with Gasteiger partial charge in [0.25, 0.3) is 15.9 Å². The lowest BCUT2D eigenvalue weighted by atomic mass is 10.2. The maximum atomic E-state index is 11.6. The Hall–Kier alpha value is -1.87. The molecule has 9 heteroatoms. The van der Waals surface area contributed by atoms with Crippen LogP contribution in [-0.2, 0) is 10.2 Å². The summed E-state index contributed by atoms with van der Waals surface area (Å²) in [5, 5.41) is 20.1. The van der Waals surface area contributed by atoms with E-state index in [1.54, 1.807) is 0 Å². The van der Waals surface area contributed by atoms with Gasteiger partial charge in [-0.25, -0.2) is 0 Å². The number of non-ortho nitro benzene ring substituents is 1. The van der Waals surface area contributed by atoms with Gasteiger partial charge in [0, 0.05) is 18.7 Å². The van der Waals surface area contributed by atoms with Crippen LogP contribution in [0.25, 0.3) is 0 Å². The van der Waals surface area contributed by atoms with E-state index in [4.69, 9.17) is 0 Å². The summed E-state index contributed by atoms with van der Waals surface area (Å²) in [4.78, 5) is 9.89. The Morgan fingerprint density at radius 3 is 2.58 bits per heavy atom. The van der Waals surface area contributed by atoms with E-state index in [-0.39, 0.29) is 29.6 Å². The van der Waals surface area contributed by atoms with Crippen LogP contribution in [0.3, 0.4) is 0 Å². The van der Waals surface area contributed by atoms with Crippen molar-refractivity contribution < 1.29 is 18.4 Å². The number of phenols is 1. The average Bonchev–Trinajstić information content (AvgIpc) is 2.29. The molecule has 0 aliphatic carbocycles. The van der Waals surface area contributed by atoms with Crippen LogP contribution in [0, 0.1) is 16.0 Å². The van der Waals surface area contributed by atoms with Gasteiger partial charge in [0.2, 0.25) is 0 Å². The summed E-state index contributed by atoms with van der Waals surface area (Å²) in [5.74, 6) is -0.282. The van der Waals surface area contributed by atoms with Crippen molar-refractivity contribution in [1.29, 1.82) is 0 Å². The molecule has 3 N–H and O–H groups in total. The van der Waals surface area contributed by atoms with Crippen LogP contribution in [0.5, 0.6) is 5.75 Å². The predicted octanol–water partition coefficient (Wildman–Crippen LogP) is 1.20. The molecular formula is C10H15N3O5S. The molecule has 0 unspecified atom stereocenters. The van der Waals surface area contributed by atoms with Crippen molar-refractivity contribution >= 4 is 21.6 Å². The molecule has 8 nitrogen and oxygen atoms in total. The third kappa shape index (κ3) is 4.72. The SMILES string of the molecule is CC(C)CNS(=O)(=O)Nc1cc([N+](=O)[O-])ccc1O. The Bertz CT molecular complexity index is 571. The minimum absolute atomic E-state index is 0.107. The second-order valence-electron chi connectivity index (χ2n) is 4.31. The molecule has 0 aliphatic rings. The maximum absolute atomic E-state index is 11.6. The van der Waals surface area contributed by atoms with Gasteiger partial charge in [-0.05, 0) is 12.0 Å². The van der Waals surface area contributed by atoms with E-state index in [1.165, 1.54) is 0 Å². The lowest BCUT2D eigenvalue weighted by Gasteiger charge is -2.11. The van der Waals surface area contributed by atoms with E-state index in [2.05, 4.69) is 4.72 Å². The first kappa shape index (κ1) is 15.2. The molecule has 0 saturated heterocycles. The summed E-state index contributed by atoms with van der Waals surface area (Å²) < 4.78 is 27.6. The highest BCUT2D eigenvalue weighted by Gasteiger charge is 2.16. The van der Waals surface area contributed by atoms with E-state index < -0.39 is 15.1 Å². The molecule has 0 amide bonds. The molecule has 1 aromatic rings. The molecule has 1 rings (SSSR count). The van der Waals surface area contributed by atoms with Gasteiger partial charge >= 0.3 is 0 Å².